The van der Waals surface area contributed by atoms with E-state index < -0.39 is 23.8 Å². The molecule has 0 N–H and O–H groups in total. The molecule has 4 aromatic rings. The van der Waals surface area contributed by atoms with Gasteiger partial charge in [-0.2, -0.15) is 0 Å². The van der Waals surface area contributed by atoms with Crippen LogP contribution in [0.1, 0.15) is 52.6 Å². The molecule has 7 nitrogen and oxygen atoms in total. The Morgan fingerprint density at radius 1 is 0.615 bits per heavy atom. The first kappa shape index (κ1) is 26.5. The first-order valence-electron chi connectivity index (χ1n) is 11.8. The highest BCUT2D eigenvalue weighted by atomic mass is 79.9. The Labute approximate surface area is 240 Å². The van der Waals surface area contributed by atoms with Crippen molar-refractivity contribution in [3.05, 3.63) is 133 Å². The smallest absolute Gasteiger partial charge is 0.338 e. The number of nitrogens with zero attached hydrogens (tertiary/aromatic N) is 1. The standard InChI is InChI=1S/C30H19Br2NO6/c31-22-9-4-18(5-10-22)16-38-29(36)20-2-1-3-24(14-20)33-27(34)25-13-8-21(15-26(25)28(33)35)30(37)39-17-19-6-11-23(32)12-7-19/h1-15H,16-17H2. The van der Waals surface area contributed by atoms with Crippen LogP contribution in [0.5, 0.6) is 0 Å². The van der Waals surface area contributed by atoms with Crippen molar-refractivity contribution in [3.63, 3.8) is 0 Å². The highest BCUT2D eigenvalue weighted by Crippen LogP contribution is 2.30. The number of rotatable bonds is 7. The molecule has 9 heteroatoms. The number of fused-ring (bicyclic) bond motifs is 1. The van der Waals surface area contributed by atoms with Gasteiger partial charge in [0.25, 0.3) is 11.8 Å². The van der Waals surface area contributed by atoms with Crippen molar-refractivity contribution in [1.29, 1.82) is 0 Å². The van der Waals surface area contributed by atoms with Crippen molar-refractivity contribution in [1.82, 2.24) is 0 Å². The fourth-order valence-corrected chi connectivity index (χ4v) is 4.53. The van der Waals surface area contributed by atoms with Crippen LogP contribution in [0.15, 0.2) is 99.9 Å². The molecule has 1 heterocycles. The Kier molecular flexibility index (Phi) is 7.72. The van der Waals surface area contributed by atoms with Crippen LogP contribution in [0.2, 0.25) is 0 Å². The normalized spacial score (nSPS) is 12.3. The van der Waals surface area contributed by atoms with E-state index in [0.717, 1.165) is 25.0 Å². The molecular weight excluding hydrogens is 630 g/mol. The van der Waals surface area contributed by atoms with Crippen molar-refractivity contribution in [2.45, 2.75) is 13.2 Å². The molecule has 1 aliphatic rings. The molecule has 39 heavy (non-hydrogen) atoms. The van der Waals surface area contributed by atoms with Gasteiger partial charge in [-0.1, -0.05) is 62.2 Å². The minimum atomic E-state index is -0.616. The largest absolute Gasteiger partial charge is 0.457 e. The van der Waals surface area contributed by atoms with E-state index >= 15 is 0 Å². The maximum atomic E-state index is 13.2. The summed E-state index contributed by atoms with van der Waals surface area (Å²) in [5, 5.41) is 0. The number of ether oxygens (including phenoxy) is 2. The summed E-state index contributed by atoms with van der Waals surface area (Å²) in [4.78, 5) is 52.6. The molecule has 0 saturated heterocycles. The predicted octanol–water partition coefficient (Wildman–Crippen LogP) is 6.73. The third-order valence-corrected chi connectivity index (χ3v) is 7.09. The second kappa shape index (κ2) is 11.3. The molecule has 0 unspecified atom stereocenters. The van der Waals surface area contributed by atoms with Crippen LogP contribution in [0.4, 0.5) is 5.69 Å². The van der Waals surface area contributed by atoms with Crippen LogP contribution in [0, 0.1) is 0 Å². The fourth-order valence-electron chi connectivity index (χ4n) is 4.00. The van der Waals surface area contributed by atoms with Gasteiger partial charge in [-0.05, 0) is 71.8 Å². The van der Waals surface area contributed by atoms with E-state index in [-0.39, 0.29) is 41.2 Å². The number of benzene rings is 4. The number of anilines is 1. The van der Waals surface area contributed by atoms with Crippen LogP contribution >= 0.6 is 31.9 Å². The molecule has 0 fully saturated rings. The van der Waals surface area contributed by atoms with Crippen LogP contribution in [0.25, 0.3) is 0 Å². The zero-order valence-electron chi connectivity index (χ0n) is 20.2. The summed E-state index contributed by atoms with van der Waals surface area (Å²) in [6.07, 6.45) is 0. The quantitative estimate of drug-likeness (QED) is 0.163. The van der Waals surface area contributed by atoms with Crippen LogP contribution < -0.4 is 4.90 Å². The maximum absolute atomic E-state index is 13.2. The Morgan fingerprint density at radius 3 is 1.69 bits per heavy atom. The average molecular weight is 649 g/mol. The third-order valence-electron chi connectivity index (χ3n) is 6.03. The molecule has 0 aliphatic carbocycles. The van der Waals surface area contributed by atoms with Gasteiger partial charge in [0.2, 0.25) is 0 Å². The molecule has 194 valence electrons. The number of carbonyl (C=O) groups excluding carboxylic acids is 4. The zero-order chi connectivity index (χ0) is 27.5. The maximum Gasteiger partial charge on any atom is 0.338 e. The first-order chi connectivity index (χ1) is 18.8. The van der Waals surface area contributed by atoms with Crippen molar-refractivity contribution in [3.8, 4) is 0 Å². The van der Waals surface area contributed by atoms with E-state index in [1.165, 1.54) is 24.3 Å². The summed E-state index contributed by atoms with van der Waals surface area (Å²) < 4.78 is 12.6. The number of carbonyl (C=O) groups is 4. The zero-order valence-corrected chi connectivity index (χ0v) is 23.4. The van der Waals surface area contributed by atoms with Gasteiger partial charge >= 0.3 is 11.9 Å². The van der Waals surface area contributed by atoms with Gasteiger partial charge in [-0.15, -0.1) is 0 Å². The summed E-state index contributed by atoms with van der Waals surface area (Å²) >= 11 is 6.72. The lowest BCUT2D eigenvalue weighted by atomic mass is 10.1. The molecular formula is C30H19Br2NO6. The van der Waals surface area contributed by atoms with Gasteiger partial charge in [0, 0.05) is 8.95 Å². The predicted molar refractivity (Wildman–Crippen MR) is 151 cm³/mol. The molecule has 0 aromatic heterocycles. The number of halogens is 2. The summed E-state index contributed by atoms with van der Waals surface area (Å²) in [7, 11) is 0. The van der Waals surface area contributed by atoms with E-state index in [4.69, 9.17) is 9.47 Å². The molecule has 0 radical (unpaired) electrons. The topological polar surface area (TPSA) is 90.0 Å². The van der Waals surface area contributed by atoms with Gasteiger partial charge in [0.15, 0.2) is 0 Å². The Balaban J connectivity index is 1.29. The highest BCUT2D eigenvalue weighted by Gasteiger charge is 2.37. The molecule has 0 bridgehead atoms. The van der Waals surface area contributed by atoms with Crippen molar-refractivity contribution in [2.24, 2.45) is 0 Å². The molecule has 2 amide bonds. The minimum Gasteiger partial charge on any atom is -0.457 e. The van der Waals surface area contributed by atoms with Gasteiger partial charge in [0.1, 0.15) is 13.2 Å². The lowest BCUT2D eigenvalue weighted by Crippen LogP contribution is -2.29. The minimum absolute atomic E-state index is 0.0624. The lowest BCUT2D eigenvalue weighted by Gasteiger charge is -2.15. The van der Waals surface area contributed by atoms with E-state index in [1.54, 1.807) is 18.2 Å². The number of esters is 2. The Morgan fingerprint density at radius 2 is 1.13 bits per heavy atom. The van der Waals surface area contributed by atoms with Crippen molar-refractivity contribution in [2.75, 3.05) is 4.90 Å². The average Bonchev–Trinajstić information content (AvgIpc) is 3.21. The highest BCUT2D eigenvalue weighted by molar-refractivity contribution is 9.10. The Hall–Kier alpha value is -4.08. The number of imide groups is 1. The van der Waals surface area contributed by atoms with Gasteiger partial charge in [-0.3, -0.25) is 9.59 Å². The van der Waals surface area contributed by atoms with E-state index in [2.05, 4.69) is 31.9 Å². The van der Waals surface area contributed by atoms with E-state index in [9.17, 15) is 19.2 Å². The monoisotopic (exact) mass is 647 g/mol. The van der Waals surface area contributed by atoms with Crippen LogP contribution in [-0.2, 0) is 22.7 Å². The van der Waals surface area contributed by atoms with Gasteiger partial charge in [-0.25, -0.2) is 14.5 Å². The molecule has 0 spiro atoms. The fraction of sp³-hybridized carbons (Fsp3) is 0.0667. The summed E-state index contributed by atoms with van der Waals surface area (Å²) in [6.45, 7) is 0.136. The number of hydrogen-bond donors (Lipinski definition) is 0. The Bertz CT molecular complexity index is 1600. The van der Waals surface area contributed by atoms with Gasteiger partial charge in [0.05, 0.1) is 27.9 Å². The van der Waals surface area contributed by atoms with Crippen molar-refractivity contribution >= 4 is 61.3 Å². The molecule has 4 aromatic carbocycles. The molecule has 0 saturated carbocycles. The second-order valence-corrected chi connectivity index (χ2v) is 10.5. The van der Waals surface area contributed by atoms with E-state index in [1.807, 2.05) is 48.5 Å². The van der Waals surface area contributed by atoms with Crippen molar-refractivity contribution < 1.29 is 28.7 Å². The lowest BCUT2D eigenvalue weighted by molar-refractivity contribution is 0.0464. The summed E-state index contributed by atoms with van der Waals surface area (Å²) in [6, 6.07) is 25.0. The first-order valence-corrected chi connectivity index (χ1v) is 13.3. The molecule has 1 aliphatic heterocycles. The number of hydrogen-bond acceptors (Lipinski definition) is 6. The molecule has 0 atom stereocenters. The van der Waals surface area contributed by atoms with Gasteiger partial charge < -0.3 is 9.47 Å². The summed E-state index contributed by atoms with van der Waals surface area (Å²) in [5.41, 5.74) is 2.43. The van der Waals surface area contributed by atoms with E-state index in [0.29, 0.717) is 0 Å². The second-order valence-electron chi connectivity index (χ2n) is 8.66. The van der Waals surface area contributed by atoms with Crippen LogP contribution in [0.3, 0.4) is 0 Å². The van der Waals surface area contributed by atoms with Crippen LogP contribution in [-0.4, -0.2) is 23.8 Å². The SMILES string of the molecule is O=C(OCc1ccc(Br)cc1)c1cccc(N2C(=O)c3ccc(C(=O)OCc4ccc(Br)cc4)cc3C2=O)c1. The summed E-state index contributed by atoms with van der Waals surface area (Å²) in [5.74, 6) is -2.36. The number of amides is 2. The molecule has 5 rings (SSSR count). The third kappa shape index (κ3) is 5.84.